The molecule has 26 heavy (non-hydrogen) atoms. The zero-order chi connectivity index (χ0) is 18.0. The van der Waals surface area contributed by atoms with Crippen molar-refractivity contribution in [3.63, 3.8) is 0 Å². The monoisotopic (exact) mass is 363 g/mol. The van der Waals surface area contributed by atoms with Crippen LogP contribution in [0.2, 0.25) is 0 Å². The second kappa shape index (κ2) is 6.69. The first-order valence-electron chi connectivity index (χ1n) is 8.22. The highest BCUT2D eigenvalue weighted by atomic mass is 32.2. The highest BCUT2D eigenvalue weighted by Gasteiger charge is 2.19. The topological polar surface area (TPSA) is 59.2 Å². The number of ether oxygens (including phenoxy) is 1. The van der Waals surface area contributed by atoms with Crippen molar-refractivity contribution in [1.82, 2.24) is 4.98 Å². The summed E-state index contributed by atoms with van der Waals surface area (Å²) < 4.78 is 31.3. The van der Waals surface area contributed by atoms with Gasteiger partial charge in [-0.15, -0.1) is 0 Å². The van der Waals surface area contributed by atoms with Crippen LogP contribution >= 0.6 is 0 Å². The number of rotatable bonds is 5. The second-order valence-electron chi connectivity index (χ2n) is 5.97. The first kappa shape index (κ1) is 16.4. The maximum absolute atomic E-state index is 12.7. The molecule has 130 valence electrons. The Hall–Kier alpha value is -3.05. The van der Waals surface area contributed by atoms with Crippen LogP contribution in [-0.4, -0.2) is 13.4 Å². The number of aromatic nitrogens is 1. The molecule has 0 amide bonds. The van der Waals surface area contributed by atoms with Gasteiger partial charge in [0.15, 0.2) is 0 Å². The van der Waals surface area contributed by atoms with E-state index in [1.165, 1.54) is 0 Å². The number of aromatic amines is 1. The van der Waals surface area contributed by atoms with E-state index in [1.807, 2.05) is 48.5 Å². The van der Waals surface area contributed by atoms with E-state index in [2.05, 4.69) is 4.98 Å². The summed E-state index contributed by atoms with van der Waals surface area (Å²) >= 11 is 0. The van der Waals surface area contributed by atoms with Crippen molar-refractivity contribution in [1.29, 1.82) is 0 Å². The van der Waals surface area contributed by atoms with Crippen LogP contribution in [0.25, 0.3) is 10.9 Å². The fourth-order valence-corrected chi connectivity index (χ4v) is 4.08. The molecule has 1 N–H and O–H groups in total. The van der Waals surface area contributed by atoms with E-state index in [0.717, 1.165) is 16.5 Å². The first-order chi connectivity index (χ1) is 12.6. The zero-order valence-electron chi connectivity index (χ0n) is 13.9. The predicted octanol–water partition coefficient (Wildman–Crippen LogP) is 4.58. The normalized spacial score (nSPS) is 11.5. The highest BCUT2D eigenvalue weighted by molar-refractivity contribution is 7.91. The van der Waals surface area contributed by atoms with E-state index in [1.54, 1.807) is 36.4 Å². The summed E-state index contributed by atoms with van der Waals surface area (Å²) in [5.41, 5.74) is 1.80. The lowest BCUT2D eigenvalue weighted by Crippen LogP contribution is -2.01. The lowest BCUT2D eigenvalue weighted by atomic mass is 10.2. The van der Waals surface area contributed by atoms with Crippen LogP contribution in [0.15, 0.2) is 94.9 Å². The van der Waals surface area contributed by atoms with E-state index in [9.17, 15) is 8.42 Å². The minimum absolute atomic E-state index is 0.180. The molecule has 0 atom stereocenters. The summed E-state index contributed by atoms with van der Waals surface area (Å²) in [7, 11) is -3.57. The van der Waals surface area contributed by atoms with E-state index in [0.29, 0.717) is 12.4 Å². The molecule has 4 aromatic rings. The third-order valence-corrected chi connectivity index (χ3v) is 5.85. The molecule has 0 bridgehead atoms. The van der Waals surface area contributed by atoms with Crippen LogP contribution < -0.4 is 4.74 Å². The number of fused-ring (bicyclic) bond motifs is 1. The molecule has 0 radical (unpaired) electrons. The van der Waals surface area contributed by atoms with Crippen LogP contribution in [0.4, 0.5) is 0 Å². The Morgan fingerprint density at radius 3 is 2.23 bits per heavy atom. The molecule has 4 nitrogen and oxygen atoms in total. The predicted molar refractivity (Wildman–Crippen MR) is 101 cm³/mol. The van der Waals surface area contributed by atoms with Gasteiger partial charge in [0.2, 0.25) is 9.84 Å². The summed E-state index contributed by atoms with van der Waals surface area (Å²) in [5.74, 6) is 0.687. The summed E-state index contributed by atoms with van der Waals surface area (Å²) in [6.07, 6.45) is 0. The van der Waals surface area contributed by atoms with E-state index in [-0.39, 0.29) is 9.92 Å². The van der Waals surface area contributed by atoms with Crippen molar-refractivity contribution in [3.8, 4) is 5.75 Å². The van der Waals surface area contributed by atoms with Gasteiger partial charge in [-0.05, 0) is 35.9 Å². The first-order valence-corrected chi connectivity index (χ1v) is 9.71. The molecule has 0 aliphatic rings. The smallest absolute Gasteiger partial charge is 0.221 e. The van der Waals surface area contributed by atoms with E-state index in [4.69, 9.17) is 4.74 Å². The van der Waals surface area contributed by atoms with Crippen molar-refractivity contribution in [3.05, 3.63) is 90.5 Å². The molecule has 4 rings (SSSR count). The van der Waals surface area contributed by atoms with Crippen molar-refractivity contribution in [2.45, 2.75) is 16.5 Å². The van der Waals surface area contributed by atoms with Crippen molar-refractivity contribution in [2.24, 2.45) is 0 Å². The van der Waals surface area contributed by atoms with Crippen LogP contribution in [0, 0.1) is 0 Å². The van der Waals surface area contributed by atoms with Crippen LogP contribution in [0.5, 0.6) is 5.75 Å². The van der Waals surface area contributed by atoms with Gasteiger partial charge in [0, 0.05) is 11.5 Å². The fraction of sp³-hybridized carbons (Fsp3) is 0.0476. The fourth-order valence-electron chi connectivity index (χ4n) is 2.78. The van der Waals surface area contributed by atoms with Gasteiger partial charge in [-0.1, -0.05) is 48.5 Å². The third-order valence-electron chi connectivity index (χ3n) is 4.16. The standard InChI is InChI=1S/C21H17NO3S/c23-26(24,19-9-5-2-6-10-19)21-13-17-11-12-18(14-20(17)22-21)25-15-16-7-3-1-4-8-16/h1-14,22H,15H2. The number of hydrogen-bond acceptors (Lipinski definition) is 3. The lowest BCUT2D eigenvalue weighted by molar-refractivity contribution is 0.306. The van der Waals surface area contributed by atoms with Gasteiger partial charge in [0.25, 0.3) is 0 Å². The van der Waals surface area contributed by atoms with Gasteiger partial charge in [-0.25, -0.2) is 8.42 Å². The minimum atomic E-state index is -3.57. The Labute approximate surface area is 152 Å². The molecular weight excluding hydrogens is 346 g/mol. The summed E-state index contributed by atoms with van der Waals surface area (Å²) in [6, 6.07) is 25.5. The van der Waals surface area contributed by atoms with Crippen molar-refractivity contribution in [2.75, 3.05) is 0 Å². The molecule has 0 unspecified atom stereocenters. The molecule has 3 aromatic carbocycles. The molecular formula is C21H17NO3S. The molecule has 0 spiro atoms. The maximum Gasteiger partial charge on any atom is 0.221 e. The molecule has 0 saturated heterocycles. The Bertz CT molecular complexity index is 1130. The van der Waals surface area contributed by atoms with Gasteiger partial charge < -0.3 is 9.72 Å². The third kappa shape index (κ3) is 3.21. The summed E-state index contributed by atoms with van der Waals surface area (Å²) in [6.45, 7) is 0.461. The zero-order valence-corrected chi connectivity index (χ0v) is 14.7. The van der Waals surface area contributed by atoms with Crippen molar-refractivity contribution >= 4 is 20.7 Å². The van der Waals surface area contributed by atoms with E-state index < -0.39 is 9.84 Å². The SMILES string of the molecule is O=S(=O)(c1ccccc1)c1cc2ccc(OCc3ccccc3)cc2[nH]1. The largest absolute Gasteiger partial charge is 0.489 e. The highest BCUT2D eigenvalue weighted by Crippen LogP contribution is 2.27. The molecule has 1 heterocycles. The average Bonchev–Trinajstić information content (AvgIpc) is 3.12. The molecule has 0 aliphatic heterocycles. The number of benzene rings is 3. The van der Waals surface area contributed by atoms with Gasteiger partial charge in [0.1, 0.15) is 17.4 Å². The Morgan fingerprint density at radius 2 is 1.50 bits per heavy atom. The van der Waals surface area contributed by atoms with Crippen LogP contribution in [0.1, 0.15) is 5.56 Å². The lowest BCUT2D eigenvalue weighted by Gasteiger charge is -2.06. The van der Waals surface area contributed by atoms with Gasteiger partial charge >= 0.3 is 0 Å². The summed E-state index contributed by atoms with van der Waals surface area (Å²) in [4.78, 5) is 3.28. The quantitative estimate of drug-likeness (QED) is 0.565. The molecule has 0 fully saturated rings. The van der Waals surface area contributed by atoms with Gasteiger partial charge in [0.05, 0.1) is 10.4 Å². The average molecular weight is 363 g/mol. The van der Waals surface area contributed by atoms with Crippen molar-refractivity contribution < 1.29 is 13.2 Å². The van der Waals surface area contributed by atoms with E-state index >= 15 is 0 Å². The minimum Gasteiger partial charge on any atom is -0.489 e. The van der Waals surface area contributed by atoms with Gasteiger partial charge in [-0.3, -0.25) is 0 Å². The number of sulfone groups is 1. The molecule has 0 aliphatic carbocycles. The Morgan fingerprint density at radius 1 is 0.808 bits per heavy atom. The Kier molecular flexibility index (Phi) is 4.22. The Balaban J connectivity index is 1.62. The molecule has 0 saturated carbocycles. The van der Waals surface area contributed by atoms with Crippen LogP contribution in [-0.2, 0) is 16.4 Å². The second-order valence-corrected chi connectivity index (χ2v) is 7.89. The summed E-state index contributed by atoms with van der Waals surface area (Å²) in [5, 5.41) is 1.01. The van der Waals surface area contributed by atoms with Gasteiger partial charge in [-0.2, -0.15) is 0 Å². The number of H-pyrrole nitrogens is 1. The molecule has 1 aromatic heterocycles. The number of nitrogens with one attached hydrogen (secondary N) is 1. The number of hydrogen-bond donors (Lipinski definition) is 1. The molecule has 5 heteroatoms. The maximum atomic E-state index is 12.7. The van der Waals surface area contributed by atoms with Crippen LogP contribution in [0.3, 0.4) is 0 Å².